The molecule has 92 valence electrons. The van der Waals surface area contributed by atoms with Crippen LogP contribution in [0.4, 0.5) is 0 Å². The highest BCUT2D eigenvalue weighted by Gasteiger charge is 2.44. The zero-order valence-corrected chi connectivity index (χ0v) is 10.5. The lowest BCUT2D eigenvalue weighted by Crippen LogP contribution is -2.57. The van der Waals surface area contributed by atoms with Crippen molar-refractivity contribution in [1.82, 2.24) is 4.90 Å². The van der Waals surface area contributed by atoms with Crippen LogP contribution in [0.5, 0.6) is 0 Å². The Bertz CT molecular complexity index is 297. The van der Waals surface area contributed by atoms with Crippen molar-refractivity contribution in [2.24, 2.45) is 11.3 Å². The Labute approximate surface area is 96.6 Å². The maximum Gasteiger partial charge on any atom is 0.326 e. The van der Waals surface area contributed by atoms with Crippen LogP contribution in [0.25, 0.3) is 0 Å². The number of piperidine rings is 1. The first-order valence-corrected chi connectivity index (χ1v) is 5.80. The number of nitrogens with zero attached hydrogens (tertiary/aromatic N) is 1. The summed E-state index contributed by atoms with van der Waals surface area (Å²) in [5.41, 5.74) is -0.339. The number of carbonyl (C=O) groups excluding carboxylic acids is 1. The first-order chi connectivity index (χ1) is 7.27. The maximum atomic E-state index is 12.0. The third-order valence-electron chi connectivity index (χ3n) is 3.28. The highest BCUT2D eigenvalue weighted by molar-refractivity contribution is 5.85. The molecule has 0 radical (unpaired) electrons. The molecule has 1 fully saturated rings. The number of carboxylic acid groups (broad SMARTS) is 1. The van der Waals surface area contributed by atoms with E-state index >= 15 is 0 Å². The number of rotatable bonds is 2. The summed E-state index contributed by atoms with van der Waals surface area (Å²) in [6, 6.07) is -0.684. The van der Waals surface area contributed by atoms with Gasteiger partial charge >= 0.3 is 5.97 Å². The summed E-state index contributed by atoms with van der Waals surface area (Å²) in [6.07, 6.45) is 1.74. The lowest BCUT2D eigenvalue weighted by atomic mass is 9.76. The zero-order chi connectivity index (χ0) is 12.5. The van der Waals surface area contributed by atoms with Gasteiger partial charge in [0.25, 0.3) is 0 Å². The van der Waals surface area contributed by atoms with Crippen molar-refractivity contribution < 1.29 is 14.7 Å². The molecule has 1 aliphatic rings. The number of aliphatic carboxylic acids is 1. The van der Waals surface area contributed by atoms with Gasteiger partial charge in [0.05, 0.1) is 0 Å². The van der Waals surface area contributed by atoms with Crippen LogP contribution < -0.4 is 0 Å². The van der Waals surface area contributed by atoms with Gasteiger partial charge in [-0.3, -0.25) is 4.79 Å². The van der Waals surface area contributed by atoms with Crippen molar-refractivity contribution in [3.05, 3.63) is 0 Å². The van der Waals surface area contributed by atoms with Crippen molar-refractivity contribution in [2.45, 2.75) is 46.6 Å². The molecule has 0 aromatic rings. The smallest absolute Gasteiger partial charge is 0.326 e. The average Bonchev–Trinajstić information content (AvgIpc) is 2.13. The summed E-state index contributed by atoms with van der Waals surface area (Å²) in [5.74, 6) is -1.09. The molecule has 1 N–H and O–H groups in total. The fourth-order valence-corrected chi connectivity index (χ4v) is 2.43. The van der Waals surface area contributed by atoms with Crippen LogP contribution in [0.1, 0.15) is 40.5 Å². The maximum absolute atomic E-state index is 12.0. The van der Waals surface area contributed by atoms with Crippen molar-refractivity contribution in [3.8, 4) is 0 Å². The predicted molar refractivity (Wildman–Crippen MR) is 61.0 cm³/mol. The van der Waals surface area contributed by atoms with Crippen molar-refractivity contribution in [2.75, 3.05) is 6.54 Å². The van der Waals surface area contributed by atoms with Crippen LogP contribution in [-0.2, 0) is 9.59 Å². The number of carboxylic acids is 1. The van der Waals surface area contributed by atoms with E-state index in [1.165, 1.54) is 4.90 Å². The summed E-state index contributed by atoms with van der Waals surface area (Å²) in [5, 5.41) is 9.28. The summed E-state index contributed by atoms with van der Waals surface area (Å²) in [6.45, 7) is 8.03. The van der Waals surface area contributed by atoms with Gasteiger partial charge < -0.3 is 10.0 Å². The molecule has 1 unspecified atom stereocenters. The van der Waals surface area contributed by atoms with E-state index < -0.39 is 12.0 Å². The van der Waals surface area contributed by atoms with Crippen LogP contribution >= 0.6 is 0 Å². The van der Waals surface area contributed by atoms with E-state index in [2.05, 4.69) is 0 Å². The van der Waals surface area contributed by atoms with Gasteiger partial charge in [0.15, 0.2) is 0 Å². The second-order valence-corrected chi connectivity index (χ2v) is 5.52. The first kappa shape index (κ1) is 13.0. The zero-order valence-electron chi connectivity index (χ0n) is 10.5. The molecule has 1 saturated heterocycles. The minimum absolute atomic E-state index is 0.0554. The lowest BCUT2D eigenvalue weighted by molar-refractivity contribution is -0.160. The topological polar surface area (TPSA) is 57.6 Å². The van der Waals surface area contributed by atoms with E-state index in [1.54, 1.807) is 0 Å². The van der Waals surface area contributed by atoms with Gasteiger partial charge in [-0.2, -0.15) is 0 Å². The van der Waals surface area contributed by atoms with E-state index in [-0.39, 0.29) is 17.2 Å². The molecular formula is C12H21NO3. The van der Waals surface area contributed by atoms with E-state index in [1.807, 2.05) is 27.7 Å². The summed E-state index contributed by atoms with van der Waals surface area (Å²) in [7, 11) is 0. The SMILES string of the molecule is CC(C)C(=O)N1CCCC(C)(C)C1C(=O)O. The molecule has 0 aromatic carbocycles. The largest absolute Gasteiger partial charge is 0.480 e. The predicted octanol–water partition coefficient (Wildman–Crippen LogP) is 1.74. The Morgan fingerprint density at radius 1 is 1.38 bits per heavy atom. The van der Waals surface area contributed by atoms with Gasteiger partial charge in [-0.1, -0.05) is 27.7 Å². The highest BCUT2D eigenvalue weighted by Crippen LogP contribution is 2.35. The Morgan fingerprint density at radius 3 is 2.38 bits per heavy atom. The lowest BCUT2D eigenvalue weighted by Gasteiger charge is -2.44. The summed E-state index contributed by atoms with van der Waals surface area (Å²) < 4.78 is 0. The van der Waals surface area contributed by atoms with Crippen LogP contribution in [0, 0.1) is 11.3 Å². The minimum atomic E-state index is -0.890. The molecule has 0 bridgehead atoms. The number of hydrogen-bond acceptors (Lipinski definition) is 2. The van der Waals surface area contributed by atoms with Gasteiger partial charge in [-0.25, -0.2) is 4.79 Å². The molecule has 1 atom stereocenters. The molecule has 4 heteroatoms. The average molecular weight is 227 g/mol. The molecule has 1 heterocycles. The molecule has 1 amide bonds. The van der Waals surface area contributed by atoms with Crippen LogP contribution in [0.3, 0.4) is 0 Å². The molecular weight excluding hydrogens is 206 g/mol. The first-order valence-electron chi connectivity index (χ1n) is 5.80. The second kappa shape index (κ2) is 4.44. The Hall–Kier alpha value is -1.06. The molecule has 1 rings (SSSR count). The molecule has 0 aromatic heterocycles. The number of hydrogen-bond donors (Lipinski definition) is 1. The van der Waals surface area contributed by atoms with Crippen molar-refractivity contribution in [1.29, 1.82) is 0 Å². The number of amides is 1. The van der Waals surface area contributed by atoms with Crippen molar-refractivity contribution >= 4 is 11.9 Å². The van der Waals surface area contributed by atoms with Gasteiger partial charge in [0, 0.05) is 12.5 Å². The molecule has 0 spiro atoms. The molecule has 1 aliphatic heterocycles. The molecule has 0 aliphatic carbocycles. The Morgan fingerprint density at radius 2 is 1.94 bits per heavy atom. The minimum Gasteiger partial charge on any atom is -0.480 e. The summed E-state index contributed by atoms with van der Waals surface area (Å²) in [4.78, 5) is 24.8. The Kier molecular flexibility index (Phi) is 3.61. The molecule has 4 nitrogen and oxygen atoms in total. The van der Waals surface area contributed by atoms with E-state index in [0.717, 1.165) is 12.8 Å². The standard InChI is InChI=1S/C12H21NO3/c1-8(2)10(14)13-7-5-6-12(3,4)9(13)11(15)16/h8-9H,5-7H2,1-4H3,(H,15,16). The highest BCUT2D eigenvalue weighted by atomic mass is 16.4. The van der Waals surface area contributed by atoms with Gasteiger partial charge in [-0.15, -0.1) is 0 Å². The molecule has 16 heavy (non-hydrogen) atoms. The number of carbonyl (C=O) groups is 2. The quantitative estimate of drug-likeness (QED) is 0.781. The van der Waals surface area contributed by atoms with Gasteiger partial charge in [-0.05, 0) is 18.3 Å². The summed E-state index contributed by atoms with van der Waals surface area (Å²) >= 11 is 0. The number of likely N-dealkylation sites (tertiary alicyclic amines) is 1. The third-order valence-corrected chi connectivity index (χ3v) is 3.28. The second-order valence-electron chi connectivity index (χ2n) is 5.52. The van der Waals surface area contributed by atoms with Crippen LogP contribution in [0.2, 0.25) is 0 Å². The third kappa shape index (κ3) is 2.36. The van der Waals surface area contributed by atoms with Gasteiger partial charge in [0.2, 0.25) is 5.91 Å². The fourth-order valence-electron chi connectivity index (χ4n) is 2.43. The van der Waals surface area contributed by atoms with E-state index in [9.17, 15) is 14.7 Å². The fraction of sp³-hybridized carbons (Fsp3) is 0.833. The van der Waals surface area contributed by atoms with Crippen molar-refractivity contribution in [3.63, 3.8) is 0 Å². The normalized spacial score (nSPS) is 24.6. The van der Waals surface area contributed by atoms with E-state index in [0.29, 0.717) is 6.54 Å². The van der Waals surface area contributed by atoms with Crippen LogP contribution in [0.15, 0.2) is 0 Å². The Balaban J connectivity index is 2.98. The van der Waals surface area contributed by atoms with Gasteiger partial charge in [0.1, 0.15) is 6.04 Å². The van der Waals surface area contributed by atoms with E-state index in [4.69, 9.17) is 0 Å². The van der Waals surface area contributed by atoms with Crippen LogP contribution in [-0.4, -0.2) is 34.5 Å². The monoisotopic (exact) mass is 227 g/mol. The molecule has 0 saturated carbocycles.